The van der Waals surface area contributed by atoms with Crippen LogP contribution in [0, 0.1) is 11.3 Å². The SMILES string of the molecule is CCOc1cc(/C=C2/C(=O)N(CCc3ccccc3)C(=O)C(C#N)=C2C)ccc1OCc1ccc(Cl)cc1Cl. The van der Waals surface area contributed by atoms with Crippen LogP contribution in [0.4, 0.5) is 0 Å². The van der Waals surface area contributed by atoms with E-state index >= 15 is 0 Å². The predicted molar refractivity (Wildman–Crippen MR) is 152 cm³/mol. The Bertz CT molecular complexity index is 1510. The van der Waals surface area contributed by atoms with Crippen LogP contribution in [-0.2, 0) is 22.6 Å². The van der Waals surface area contributed by atoms with Crippen molar-refractivity contribution in [2.24, 2.45) is 0 Å². The van der Waals surface area contributed by atoms with Gasteiger partial charge in [-0.2, -0.15) is 5.26 Å². The number of rotatable bonds is 9. The highest BCUT2D eigenvalue weighted by molar-refractivity contribution is 6.35. The number of ether oxygens (including phenoxy) is 2. The Kier molecular flexibility index (Phi) is 9.08. The Balaban J connectivity index is 1.61. The first-order valence-corrected chi connectivity index (χ1v) is 13.1. The van der Waals surface area contributed by atoms with Crippen molar-refractivity contribution in [1.82, 2.24) is 4.90 Å². The molecule has 8 heteroatoms. The molecule has 0 aliphatic carbocycles. The van der Waals surface area contributed by atoms with Gasteiger partial charge in [-0.05, 0) is 67.3 Å². The lowest BCUT2D eigenvalue weighted by Crippen LogP contribution is -2.43. The van der Waals surface area contributed by atoms with Crippen LogP contribution in [-0.4, -0.2) is 29.9 Å². The first-order chi connectivity index (χ1) is 18.8. The second-order valence-corrected chi connectivity index (χ2v) is 9.67. The normalized spacial score (nSPS) is 14.5. The third kappa shape index (κ3) is 6.51. The van der Waals surface area contributed by atoms with Crippen LogP contribution < -0.4 is 9.47 Å². The number of imide groups is 1. The maximum atomic E-state index is 13.4. The van der Waals surface area contributed by atoms with E-state index in [1.165, 1.54) is 0 Å². The number of nitriles is 1. The van der Waals surface area contributed by atoms with Crippen LogP contribution in [0.25, 0.3) is 6.08 Å². The van der Waals surface area contributed by atoms with Gasteiger partial charge < -0.3 is 9.47 Å². The minimum Gasteiger partial charge on any atom is -0.490 e. The molecule has 0 bridgehead atoms. The van der Waals surface area contributed by atoms with E-state index in [9.17, 15) is 14.9 Å². The molecule has 0 fully saturated rings. The highest BCUT2D eigenvalue weighted by atomic mass is 35.5. The zero-order valence-corrected chi connectivity index (χ0v) is 23.1. The molecule has 0 unspecified atom stereocenters. The molecule has 2 amide bonds. The van der Waals surface area contributed by atoms with Gasteiger partial charge in [0.15, 0.2) is 11.5 Å². The molecule has 0 aromatic heterocycles. The van der Waals surface area contributed by atoms with E-state index < -0.39 is 11.8 Å². The van der Waals surface area contributed by atoms with Crippen LogP contribution in [0.3, 0.4) is 0 Å². The summed E-state index contributed by atoms with van der Waals surface area (Å²) in [4.78, 5) is 27.5. The molecule has 6 nitrogen and oxygen atoms in total. The maximum Gasteiger partial charge on any atom is 0.271 e. The molecule has 0 spiro atoms. The molecule has 4 rings (SSSR count). The zero-order chi connectivity index (χ0) is 27.9. The van der Waals surface area contributed by atoms with E-state index in [0.717, 1.165) is 16.0 Å². The molecule has 3 aromatic carbocycles. The third-order valence-electron chi connectivity index (χ3n) is 6.27. The first-order valence-electron chi connectivity index (χ1n) is 12.4. The fourth-order valence-electron chi connectivity index (χ4n) is 4.18. The first kappa shape index (κ1) is 28.0. The fraction of sp³-hybridized carbons (Fsp3) is 0.194. The molecule has 0 atom stereocenters. The van der Waals surface area contributed by atoms with E-state index in [2.05, 4.69) is 0 Å². The summed E-state index contributed by atoms with van der Waals surface area (Å²) in [7, 11) is 0. The summed E-state index contributed by atoms with van der Waals surface area (Å²) in [5.41, 5.74) is 3.01. The van der Waals surface area contributed by atoms with Gasteiger partial charge in [-0.15, -0.1) is 0 Å². The van der Waals surface area contributed by atoms with Crippen LogP contribution in [0.5, 0.6) is 11.5 Å². The molecule has 1 aliphatic rings. The van der Waals surface area contributed by atoms with E-state index in [1.54, 1.807) is 49.4 Å². The molecule has 0 N–H and O–H groups in total. The molecule has 198 valence electrons. The molecule has 0 saturated heterocycles. The minimum atomic E-state index is -0.576. The molecule has 1 heterocycles. The second-order valence-electron chi connectivity index (χ2n) is 8.83. The van der Waals surface area contributed by atoms with E-state index in [-0.39, 0.29) is 24.3 Å². The molecule has 39 heavy (non-hydrogen) atoms. The molecular formula is C31H26Cl2N2O4. The number of amides is 2. The van der Waals surface area contributed by atoms with Gasteiger partial charge in [-0.3, -0.25) is 14.5 Å². The topological polar surface area (TPSA) is 79.6 Å². The number of nitrogens with zero attached hydrogens (tertiary/aromatic N) is 2. The van der Waals surface area contributed by atoms with Crippen molar-refractivity contribution < 1.29 is 19.1 Å². The lowest BCUT2D eigenvalue weighted by atomic mass is 9.93. The van der Waals surface area contributed by atoms with Gasteiger partial charge in [0.2, 0.25) is 0 Å². The highest BCUT2D eigenvalue weighted by Gasteiger charge is 2.35. The van der Waals surface area contributed by atoms with E-state index in [0.29, 0.717) is 45.7 Å². The van der Waals surface area contributed by atoms with Crippen molar-refractivity contribution in [3.05, 3.63) is 110 Å². The average molecular weight is 561 g/mol. The Morgan fingerprint density at radius 3 is 2.41 bits per heavy atom. The summed E-state index contributed by atoms with van der Waals surface area (Å²) < 4.78 is 11.8. The lowest BCUT2D eigenvalue weighted by Gasteiger charge is -2.27. The quantitative estimate of drug-likeness (QED) is 0.212. The Morgan fingerprint density at radius 2 is 1.72 bits per heavy atom. The van der Waals surface area contributed by atoms with Crippen molar-refractivity contribution in [3.8, 4) is 17.6 Å². The summed E-state index contributed by atoms with van der Waals surface area (Å²) in [5.74, 6) is -0.0280. The molecule has 3 aromatic rings. The summed E-state index contributed by atoms with van der Waals surface area (Å²) in [6.45, 7) is 4.25. The minimum absolute atomic E-state index is 0.0428. The van der Waals surface area contributed by atoms with Crippen LogP contribution >= 0.6 is 23.2 Å². The number of hydrogen-bond donors (Lipinski definition) is 0. The smallest absolute Gasteiger partial charge is 0.271 e. The predicted octanol–water partition coefficient (Wildman–Crippen LogP) is 6.81. The largest absolute Gasteiger partial charge is 0.490 e. The van der Waals surface area contributed by atoms with Gasteiger partial charge in [-0.25, -0.2) is 0 Å². The summed E-state index contributed by atoms with van der Waals surface area (Å²) >= 11 is 12.3. The van der Waals surface area contributed by atoms with Gasteiger partial charge in [0.05, 0.1) is 6.61 Å². The van der Waals surface area contributed by atoms with Crippen molar-refractivity contribution in [2.45, 2.75) is 26.9 Å². The highest BCUT2D eigenvalue weighted by Crippen LogP contribution is 2.33. The number of hydrogen-bond acceptors (Lipinski definition) is 5. The summed E-state index contributed by atoms with van der Waals surface area (Å²) in [5, 5.41) is 10.7. The third-order valence-corrected chi connectivity index (χ3v) is 6.86. The molecule has 1 aliphatic heterocycles. The van der Waals surface area contributed by atoms with Crippen molar-refractivity contribution in [1.29, 1.82) is 5.26 Å². The van der Waals surface area contributed by atoms with Gasteiger partial charge in [0.1, 0.15) is 18.2 Å². The van der Waals surface area contributed by atoms with Crippen LogP contribution in [0.15, 0.2) is 83.4 Å². The van der Waals surface area contributed by atoms with Gasteiger partial charge >= 0.3 is 0 Å². The fourth-order valence-corrected chi connectivity index (χ4v) is 4.64. The summed E-state index contributed by atoms with van der Waals surface area (Å²) in [6.07, 6.45) is 2.15. The lowest BCUT2D eigenvalue weighted by molar-refractivity contribution is -0.140. The van der Waals surface area contributed by atoms with Crippen molar-refractivity contribution in [2.75, 3.05) is 13.2 Å². The van der Waals surface area contributed by atoms with Crippen LogP contribution in [0.2, 0.25) is 10.0 Å². The molecular weight excluding hydrogens is 535 g/mol. The molecule has 0 radical (unpaired) electrons. The van der Waals surface area contributed by atoms with Gasteiger partial charge in [0, 0.05) is 27.7 Å². The van der Waals surface area contributed by atoms with E-state index in [4.69, 9.17) is 32.7 Å². The second kappa shape index (κ2) is 12.7. The number of carbonyl (C=O) groups is 2. The summed E-state index contributed by atoms with van der Waals surface area (Å²) in [6, 6.07) is 22.0. The zero-order valence-electron chi connectivity index (χ0n) is 21.5. The molecule has 0 saturated carbocycles. The van der Waals surface area contributed by atoms with Crippen molar-refractivity contribution in [3.63, 3.8) is 0 Å². The van der Waals surface area contributed by atoms with Crippen LogP contribution in [0.1, 0.15) is 30.5 Å². The number of benzene rings is 3. The Hall–Kier alpha value is -4.05. The maximum absolute atomic E-state index is 13.4. The Morgan fingerprint density at radius 1 is 0.949 bits per heavy atom. The Labute approximate surface area is 237 Å². The average Bonchev–Trinajstić information content (AvgIpc) is 2.92. The van der Waals surface area contributed by atoms with Crippen molar-refractivity contribution >= 4 is 41.1 Å². The monoisotopic (exact) mass is 560 g/mol. The van der Waals surface area contributed by atoms with E-state index in [1.807, 2.05) is 43.3 Å². The number of carbonyl (C=O) groups excluding carboxylic acids is 2. The van der Waals surface area contributed by atoms with Gasteiger partial charge in [0.25, 0.3) is 11.8 Å². The standard InChI is InChI=1S/C31H26Cl2N2O4/c1-3-38-29-16-22(9-12-28(29)39-19-23-10-11-24(32)17-27(23)33)15-25-20(2)26(18-34)31(37)35(30(25)36)14-13-21-7-5-4-6-8-21/h4-12,15-17H,3,13-14,19H2,1-2H3/b25-15+. The number of halogens is 2. The van der Waals surface area contributed by atoms with Gasteiger partial charge in [-0.1, -0.05) is 65.7 Å².